The molecule has 0 spiro atoms. The summed E-state index contributed by atoms with van der Waals surface area (Å²) >= 11 is 0. The molecular weight excluding hydrogens is 277 g/mol. The van der Waals surface area contributed by atoms with E-state index in [9.17, 15) is 4.39 Å². The van der Waals surface area contributed by atoms with Crippen LogP contribution in [0.25, 0.3) is 11.0 Å². The van der Waals surface area contributed by atoms with E-state index in [4.69, 9.17) is 4.42 Å². The minimum absolute atomic E-state index is 0.176. The van der Waals surface area contributed by atoms with Crippen molar-refractivity contribution in [3.05, 3.63) is 71.7 Å². The van der Waals surface area contributed by atoms with Crippen LogP contribution >= 0.6 is 0 Å². The highest BCUT2D eigenvalue weighted by Gasteiger charge is 2.26. The van der Waals surface area contributed by atoms with Crippen molar-refractivity contribution in [1.29, 1.82) is 0 Å². The first-order chi connectivity index (χ1) is 10.8. The molecule has 1 atom stereocenters. The van der Waals surface area contributed by atoms with Crippen LogP contribution in [-0.2, 0) is 6.54 Å². The molecule has 3 aromatic rings. The normalized spacial score (nSPS) is 19.0. The molecule has 2 nitrogen and oxygen atoms in total. The molecule has 22 heavy (non-hydrogen) atoms. The fourth-order valence-electron chi connectivity index (χ4n) is 3.45. The molecule has 112 valence electrons. The molecule has 0 bridgehead atoms. The quantitative estimate of drug-likeness (QED) is 0.704. The fourth-order valence-corrected chi connectivity index (χ4v) is 3.45. The van der Waals surface area contributed by atoms with Gasteiger partial charge in [-0.3, -0.25) is 4.90 Å². The zero-order valence-electron chi connectivity index (χ0n) is 12.3. The highest BCUT2D eigenvalue weighted by Crippen LogP contribution is 2.34. The van der Waals surface area contributed by atoms with E-state index in [-0.39, 0.29) is 5.82 Å². The summed E-state index contributed by atoms with van der Waals surface area (Å²) in [4.78, 5) is 2.43. The Bertz CT molecular complexity index is 780. The minimum atomic E-state index is -0.176. The first kappa shape index (κ1) is 13.5. The fraction of sp³-hybridized carbons (Fsp3) is 0.263. The second kappa shape index (κ2) is 5.58. The molecule has 0 saturated carbocycles. The van der Waals surface area contributed by atoms with Gasteiger partial charge < -0.3 is 4.42 Å². The molecule has 2 heterocycles. The molecule has 0 amide bonds. The standard InChI is InChI=1S/C19H18FNO/c20-17-10-15-7-9-22-19(15)18(11-17)16-6-8-21(13-16)12-14-4-2-1-3-5-14/h1-5,7,9-11,16H,6,8,12-13H2. The molecular formula is C19H18FNO. The summed E-state index contributed by atoms with van der Waals surface area (Å²) in [6.07, 6.45) is 2.69. The van der Waals surface area contributed by atoms with E-state index in [2.05, 4.69) is 29.2 Å². The Hall–Kier alpha value is -2.13. The summed E-state index contributed by atoms with van der Waals surface area (Å²) in [6.45, 7) is 2.94. The zero-order valence-corrected chi connectivity index (χ0v) is 12.3. The largest absolute Gasteiger partial charge is 0.464 e. The van der Waals surface area contributed by atoms with E-state index in [1.165, 1.54) is 5.56 Å². The zero-order chi connectivity index (χ0) is 14.9. The predicted molar refractivity (Wildman–Crippen MR) is 85.2 cm³/mol. The molecule has 1 aromatic heterocycles. The summed E-state index contributed by atoms with van der Waals surface area (Å²) in [5.41, 5.74) is 3.18. The van der Waals surface area contributed by atoms with Gasteiger partial charge in [0.2, 0.25) is 0 Å². The lowest BCUT2D eigenvalue weighted by Crippen LogP contribution is -2.19. The van der Waals surface area contributed by atoms with Gasteiger partial charge in [0.05, 0.1) is 6.26 Å². The van der Waals surface area contributed by atoms with Crippen LogP contribution in [0.2, 0.25) is 0 Å². The smallest absolute Gasteiger partial charge is 0.137 e. The van der Waals surface area contributed by atoms with E-state index < -0.39 is 0 Å². The third-order valence-electron chi connectivity index (χ3n) is 4.51. The van der Waals surface area contributed by atoms with Crippen LogP contribution in [0.5, 0.6) is 0 Å². The molecule has 1 aliphatic heterocycles. The summed E-state index contributed by atoms with van der Waals surface area (Å²) < 4.78 is 19.4. The number of fused-ring (bicyclic) bond motifs is 1. The molecule has 1 saturated heterocycles. The molecule has 1 unspecified atom stereocenters. The summed E-state index contributed by atoms with van der Waals surface area (Å²) in [6, 6.07) is 15.5. The van der Waals surface area contributed by atoms with Gasteiger partial charge in [-0.1, -0.05) is 30.3 Å². The van der Waals surface area contributed by atoms with Crippen LogP contribution in [0.1, 0.15) is 23.5 Å². The van der Waals surface area contributed by atoms with Gasteiger partial charge in [0.1, 0.15) is 11.4 Å². The first-order valence-corrected chi connectivity index (χ1v) is 7.72. The van der Waals surface area contributed by atoms with Crippen LogP contribution in [0.3, 0.4) is 0 Å². The summed E-state index contributed by atoms with van der Waals surface area (Å²) in [7, 11) is 0. The number of rotatable bonds is 3. The van der Waals surface area contributed by atoms with Crippen molar-refractivity contribution in [2.45, 2.75) is 18.9 Å². The van der Waals surface area contributed by atoms with Crippen molar-refractivity contribution in [3.8, 4) is 0 Å². The van der Waals surface area contributed by atoms with Crippen LogP contribution in [0.15, 0.2) is 59.2 Å². The predicted octanol–water partition coefficient (Wildman–Crippen LogP) is 4.56. The van der Waals surface area contributed by atoms with E-state index >= 15 is 0 Å². The first-order valence-electron chi connectivity index (χ1n) is 7.72. The lowest BCUT2D eigenvalue weighted by molar-refractivity contribution is 0.327. The topological polar surface area (TPSA) is 16.4 Å². The van der Waals surface area contributed by atoms with Gasteiger partial charge in [0, 0.05) is 30.0 Å². The molecule has 0 N–H and O–H groups in total. The van der Waals surface area contributed by atoms with Crippen LogP contribution in [0, 0.1) is 5.82 Å². The SMILES string of the molecule is Fc1cc(C2CCN(Cc3ccccc3)C2)c2occc2c1. The van der Waals surface area contributed by atoms with Crippen molar-refractivity contribution < 1.29 is 8.81 Å². The van der Waals surface area contributed by atoms with Gasteiger partial charge in [-0.05, 0) is 36.7 Å². The lowest BCUT2D eigenvalue weighted by atomic mass is 9.96. The monoisotopic (exact) mass is 295 g/mol. The Labute approximate surface area is 129 Å². The van der Waals surface area contributed by atoms with E-state index in [0.29, 0.717) is 5.92 Å². The van der Waals surface area contributed by atoms with Crippen molar-refractivity contribution in [2.75, 3.05) is 13.1 Å². The van der Waals surface area contributed by atoms with Gasteiger partial charge >= 0.3 is 0 Å². The van der Waals surface area contributed by atoms with Crippen LogP contribution < -0.4 is 0 Å². The maximum absolute atomic E-state index is 13.8. The van der Waals surface area contributed by atoms with E-state index in [1.54, 1.807) is 18.4 Å². The maximum Gasteiger partial charge on any atom is 0.137 e. The van der Waals surface area contributed by atoms with E-state index in [1.807, 2.05) is 12.1 Å². The van der Waals surface area contributed by atoms with Gasteiger partial charge in [-0.2, -0.15) is 0 Å². The highest BCUT2D eigenvalue weighted by atomic mass is 19.1. The third-order valence-corrected chi connectivity index (χ3v) is 4.51. The van der Waals surface area contributed by atoms with Crippen LogP contribution in [-0.4, -0.2) is 18.0 Å². The number of nitrogens with zero attached hydrogens (tertiary/aromatic N) is 1. The Morgan fingerprint density at radius 3 is 2.86 bits per heavy atom. The van der Waals surface area contributed by atoms with Gasteiger partial charge in [0.15, 0.2) is 0 Å². The van der Waals surface area contributed by atoms with Crippen molar-refractivity contribution in [3.63, 3.8) is 0 Å². The average Bonchev–Trinajstić information content (AvgIpc) is 3.16. The van der Waals surface area contributed by atoms with E-state index in [0.717, 1.165) is 42.6 Å². The summed E-state index contributed by atoms with van der Waals surface area (Å²) in [5.74, 6) is 0.165. The van der Waals surface area contributed by atoms with Crippen LogP contribution in [0.4, 0.5) is 4.39 Å². The number of halogens is 1. The second-order valence-electron chi connectivity index (χ2n) is 6.04. The van der Waals surface area contributed by atoms with Gasteiger partial charge in [-0.25, -0.2) is 4.39 Å². The number of hydrogen-bond donors (Lipinski definition) is 0. The molecule has 0 radical (unpaired) electrons. The third kappa shape index (κ3) is 2.53. The summed E-state index contributed by atoms with van der Waals surface area (Å²) in [5, 5.41) is 0.858. The number of hydrogen-bond acceptors (Lipinski definition) is 2. The minimum Gasteiger partial charge on any atom is -0.464 e. The van der Waals surface area contributed by atoms with Crippen molar-refractivity contribution >= 4 is 11.0 Å². The van der Waals surface area contributed by atoms with Crippen molar-refractivity contribution in [2.24, 2.45) is 0 Å². The number of furan rings is 1. The molecule has 3 heteroatoms. The lowest BCUT2D eigenvalue weighted by Gasteiger charge is -2.16. The molecule has 1 aliphatic rings. The van der Waals surface area contributed by atoms with Gasteiger partial charge in [0.25, 0.3) is 0 Å². The number of likely N-dealkylation sites (tertiary alicyclic amines) is 1. The molecule has 4 rings (SSSR count). The number of benzene rings is 2. The second-order valence-corrected chi connectivity index (χ2v) is 6.04. The Morgan fingerprint density at radius 1 is 1.14 bits per heavy atom. The molecule has 1 fully saturated rings. The van der Waals surface area contributed by atoms with Crippen molar-refractivity contribution in [1.82, 2.24) is 4.90 Å². The molecule has 0 aliphatic carbocycles. The van der Waals surface area contributed by atoms with Gasteiger partial charge in [-0.15, -0.1) is 0 Å². The Balaban J connectivity index is 1.56. The Kier molecular flexibility index (Phi) is 3.43. The molecule has 2 aromatic carbocycles. The average molecular weight is 295 g/mol. The maximum atomic E-state index is 13.8. The highest BCUT2D eigenvalue weighted by molar-refractivity contribution is 5.81. The Morgan fingerprint density at radius 2 is 2.00 bits per heavy atom.